The van der Waals surface area contributed by atoms with Crippen molar-refractivity contribution < 1.29 is 8.42 Å². The summed E-state index contributed by atoms with van der Waals surface area (Å²) >= 11 is 6.40. The van der Waals surface area contributed by atoms with Crippen molar-refractivity contribution >= 4 is 49.3 Å². The number of nitrogens with one attached hydrogen (secondary N) is 2. The van der Waals surface area contributed by atoms with Crippen molar-refractivity contribution in [1.29, 1.82) is 0 Å². The first-order chi connectivity index (χ1) is 15.4. The second-order valence-corrected chi connectivity index (χ2v) is 9.64. The summed E-state index contributed by atoms with van der Waals surface area (Å²) in [5.74, 6) is 0.560. The largest absolute Gasteiger partial charge is 0.364 e. The topological polar surface area (TPSA) is 114 Å². The second kappa shape index (κ2) is 7.85. The molecule has 0 atom stereocenters. The molecule has 2 aromatic carbocycles. The van der Waals surface area contributed by atoms with E-state index in [0.29, 0.717) is 45.3 Å². The van der Waals surface area contributed by atoms with Crippen molar-refractivity contribution in [1.82, 2.24) is 24.9 Å². The summed E-state index contributed by atoms with van der Waals surface area (Å²) in [5, 5.41) is 4.63. The number of benzene rings is 2. The van der Waals surface area contributed by atoms with Crippen LogP contribution in [0.2, 0.25) is 5.02 Å². The lowest BCUT2D eigenvalue weighted by Gasteiger charge is -2.15. The summed E-state index contributed by atoms with van der Waals surface area (Å²) in [6, 6.07) is 14.3. The molecule has 0 unspecified atom stereocenters. The number of fused-ring (bicyclic) bond motifs is 2. The van der Waals surface area contributed by atoms with Crippen molar-refractivity contribution in [2.24, 2.45) is 0 Å². The number of para-hydroxylation sites is 1. The number of aromatic nitrogens is 5. The average Bonchev–Trinajstić information content (AvgIpc) is 3.26. The molecular formula is C22H17ClN6O2S. The Morgan fingerprint density at radius 1 is 1.03 bits per heavy atom. The van der Waals surface area contributed by atoms with E-state index < -0.39 is 9.84 Å². The van der Waals surface area contributed by atoms with Crippen molar-refractivity contribution in [2.75, 3.05) is 11.6 Å². The van der Waals surface area contributed by atoms with Gasteiger partial charge in [0.15, 0.2) is 21.3 Å². The van der Waals surface area contributed by atoms with Gasteiger partial charge in [-0.05, 0) is 23.8 Å². The highest BCUT2D eigenvalue weighted by Gasteiger charge is 2.19. The Morgan fingerprint density at radius 2 is 1.88 bits per heavy atom. The number of pyridine rings is 1. The smallest absolute Gasteiger partial charge is 0.176 e. The minimum Gasteiger partial charge on any atom is -0.364 e. The molecule has 10 heteroatoms. The van der Waals surface area contributed by atoms with Crippen molar-refractivity contribution in [2.45, 2.75) is 11.4 Å². The third kappa shape index (κ3) is 3.65. The number of imidazole rings is 1. The predicted octanol–water partition coefficient (Wildman–Crippen LogP) is 4.24. The van der Waals surface area contributed by atoms with E-state index in [-0.39, 0.29) is 4.90 Å². The number of hydrogen-bond acceptors (Lipinski definition) is 7. The molecule has 32 heavy (non-hydrogen) atoms. The standard InChI is InChI=1S/C22H17ClN6O2S/c1-32(30,31)17-8-3-2-6-15(17)18-14(9-13-5-4-7-16(23)19(13)29-18)10-24-21-20-22(26-11-25-20)28-12-27-21/h2-9,11-12H,10H2,1H3,(H2,24,25,26,27,28). The fraction of sp³-hybridized carbons (Fsp3) is 0.0909. The molecule has 0 radical (unpaired) electrons. The third-order valence-electron chi connectivity index (χ3n) is 5.08. The summed E-state index contributed by atoms with van der Waals surface area (Å²) in [6.07, 6.45) is 4.19. The molecule has 8 nitrogen and oxygen atoms in total. The fourth-order valence-corrected chi connectivity index (χ4v) is 4.75. The first-order valence-corrected chi connectivity index (χ1v) is 11.9. The normalized spacial score (nSPS) is 11.8. The van der Waals surface area contributed by atoms with E-state index in [4.69, 9.17) is 16.6 Å². The van der Waals surface area contributed by atoms with Gasteiger partial charge in [-0.2, -0.15) is 0 Å². The molecule has 0 bridgehead atoms. The highest BCUT2D eigenvalue weighted by molar-refractivity contribution is 7.90. The van der Waals surface area contributed by atoms with Crippen LogP contribution >= 0.6 is 11.6 Å². The molecule has 5 rings (SSSR count). The Hall–Kier alpha value is -3.56. The first-order valence-electron chi connectivity index (χ1n) is 9.67. The van der Waals surface area contributed by atoms with Crippen molar-refractivity contribution in [3.63, 3.8) is 0 Å². The van der Waals surface area contributed by atoms with Gasteiger partial charge in [-0.1, -0.05) is 41.9 Å². The molecule has 0 saturated carbocycles. The lowest BCUT2D eigenvalue weighted by Crippen LogP contribution is -2.07. The minimum atomic E-state index is -3.48. The summed E-state index contributed by atoms with van der Waals surface area (Å²) in [7, 11) is -3.48. The maximum Gasteiger partial charge on any atom is 0.176 e. The Bertz CT molecular complexity index is 1580. The Labute approximate surface area is 188 Å². The van der Waals surface area contributed by atoms with E-state index in [1.807, 2.05) is 18.2 Å². The van der Waals surface area contributed by atoms with Crippen LogP contribution in [0.3, 0.4) is 0 Å². The van der Waals surface area contributed by atoms with Gasteiger partial charge in [0.1, 0.15) is 11.8 Å². The van der Waals surface area contributed by atoms with E-state index in [1.54, 1.807) is 36.7 Å². The number of hydrogen-bond donors (Lipinski definition) is 2. The molecule has 3 aromatic heterocycles. The van der Waals surface area contributed by atoms with Crippen LogP contribution in [0.1, 0.15) is 5.56 Å². The monoisotopic (exact) mass is 464 g/mol. The lowest BCUT2D eigenvalue weighted by atomic mass is 10.0. The number of anilines is 1. The third-order valence-corrected chi connectivity index (χ3v) is 6.54. The highest BCUT2D eigenvalue weighted by Crippen LogP contribution is 2.33. The Kier molecular flexibility index (Phi) is 4.99. The fourth-order valence-electron chi connectivity index (χ4n) is 3.63. The number of rotatable bonds is 5. The summed E-state index contributed by atoms with van der Waals surface area (Å²) in [6.45, 7) is 0.335. The molecule has 2 N–H and O–H groups in total. The molecule has 160 valence electrons. The van der Waals surface area contributed by atoms with E-state index in [2.05, 4.69) is 25.3 Å². The molecular weight excluding hydrogens is 448 g/mol. The first kappa shape index (κ1) is 20.3. The van der Waals surface area contributed by atoms with Gasteiger partial charge in [0.05, 0.1) is 27.5 Å². The van der Waals surface area contributed by atoms with Gasteiger partial charge < -0.3 is 10.3 Å². The molecule has 0 amide bonds. The van der Waals surface area contributed by atoms with Crippen LogP contribution in [-0.2, 0) is 16.4 Å². The number of aromatic amines is 1. The minimum absolute atomic E-state index is 0.205. The molecule has 5 aromatic rings. The van der Waals surface area contributed by atoms with Crippen molar-refractivity contribution in [3.05, 3.63) is 71.8 Å². The van der Waals surface area contributed by atoms with E-state index in [9.17, 15) is 8.42 Å². The van der Waals surface area contributed by atoms with Crippen LogP contribution in [0.5, 0.6) is 0 Å². The summed E-state index contributed by atoms with van der Waals surface area (Å²) in [5.41, 5.74) is 3.68. The van der Waals surface area contributed by atoms with Gasteiger partial charge in [0.25, 0.3) is 0 Å². The van der Waals surface area contributed by atoms with Crippen LogP contribution in [0.15, 0.2) is 66.1 Å². The SMILES string of the molecule is CS(=O)(=O)c1ccccc1-c1nc2c(Cl)cccc2cc1CNc1ncnc2[nH]cnc12. The zero-order valence-corrected chi connectivity index (χ0v) is 18.4. The zero-order valence-electron chi connectivity index (χ0n) is 16.9. The maximum atomic E-state index is 12.5. The summed E-state index contributed by atoms with van der Waals surface area (Å²) in [4.78, 5) is 20.7. The Morgan fingerprint density at radius 3 is 2.72 bits per heavy atom. The average molecular weight is 465 g/mol. The second-order valence-electron chi connectivity index (χ2n) is 7.25. The van der Waals surface area contributed by atoms with Gasteiger partial charge in [-0.3, -0.25) is 0 Å². The predicted molar refractivity (Wildman–Crippen MR) is 124 cm³/mol. The number of H-pyrrole nitrogens is 1. The molecule has 3 heterocycles. The van der Waals surface area contributed by atoms with Gasteiger partial charge in [-0.15, -0.1) is 0 Å². The van der Waals surface area contributed by atoms with Crippen LogP contribution in [0.4, 0.5) is 5.82 Å². The van der Waals surface area contributed by atoms with Gasteiger partial charge in [0.2, 0.25) is 0 Å². The van der Waals surface area contributed by atoms with Crippen LogP contribution < -0.4 is 5.32 Å². The van der Waals surface area contributed by atoms with Crippen LogP contribution in [0.25, 0.3) is 33.3 Å². The highest BCUT2D eigenvalue weighted by atomic mass is 35.5. The zero-order chi connectivity index (χ0) is 22.3. The van der Waals surface area contributed by atoms with Crippen LogP contribution in [0, 0.1) is 0 Å². The lowest BCUT2D eigenvalue weighted by molar-refractivity contribution is 0.602. The molecule has 0 saturated heterocycles. The van der Waals surface area contributed by atoms with Crippen molar-refractivity contribution in [3.8, 4) is 11.3 Å². The molecule has 0 spiro atoms. The molecule has 0 aliphatic rings. The molecule has 0 aliphatic carbocycles. The quantitative estimate of drug-likeness (QED) is 0.400. The summed E-state index contributed by atoms with van der Waals surface area (Å²) < 4.78 is 24.9. The molecule has 0 aliphatic heterocycles. The van der Waals surface area contributed by atoms with Gasteiger partial charge >= 0.3 is 0 Å². The Balaban J connectivity index is 1.68. The van der Waals surface area contributed by atoms with Gasteiger partial charge in [0, 0.05) is 23.8 Å². The van der Waals surface area contributed by atoms with E-state index >= 15 is 0 Å². The van der Waals surface area contributed by atoms with E-state index in [0.717, 1.165) is 10.9 Å². The van der Waals surface area contributed by atoms with E-state index in [1.165, 1.54) is 12.6 Å². The number of nitrogens with zero attached hydrogens (tertiary/aromatic N) is 4. The maximum absolute atomic E-state index is 12.5. The van der Waals surface area contributed by atoms with Gasteiger partial charge in [-0.25, -0.2) is 28.4 Å². The molecule has 0 fully saturated rings. The number of sulfone groups is 1. The van der Waals surface area contributed by atoms with Crippen LogP contribution in [-0.4, -0.2) is 39.6 Å². The number of halogens is 1.